The molecule has 1 heterocycles. The summed E-state index contributed by atoms with van der Waals surface area (Å²) in [5.41, 5.74) is 6.66. The fourth-order valence-corrected chi connectivity index (χ4v) is 3.07. The van der Waals surface area contributed by atoms with E-state index in [0.717, 1.165) is 5.57 Å². The van der Waals surface area contributed by atoms with Gasteiger partial charge in [-0.15, -0.1) is 5.73 Å². The largest absolute Gasteiger partial charge is 0.119 e. The van der Waals surface area contributed by atoms with Crippen LogP contribution in [0, 0.1) is 0 Å². The van der Waals surface area contributed by atoms with Gasteiger partial charge in [0.15, 0.2) is 0 Å². The highest BCUT2D eigenvalue weighted by molar-refractivity contribution is 7.99. The molecule has 0 saturated heterocycles. The molecule has 3 rings (SSSR count). The predicted molar refractivity (Wildman–Crippen MR) is 68.7 cm³/mol. The van der Waals surface area contributed by atoms with E-state index in [0.29, 0.717) is 0 Å². The summed E-state index contributed by atoms with van der Waals surface area (Å²) in [6.07, 6.45) is 0. The van der Waals surface area contributed by atoms with Crippen molar-refractivity contribution < 1.29 is 0 Å². The standard InChI is InChI=1S/C15H10S/c1-2-11-12-7-3-5-9-14(12)16-15-10-6-4-8-13(11)15/h3-10H,1H2. The maximum absolute atomic E-state index is 3.81. The number of fused-ring (bicyclic) bond motifs is 2. The van der Waals surface area contributed by atoms with Crippen molar-refractivity contribution in [2.24, 2.45) is 0 Å². The second-order valence-electron chi connectivity index (χ2n) is 3.65. The summed E-state index contributed by atoms with van der Waals surface area (Å²) in [7, 11) is 0. The molecule has 2 aromatic carbocycles. The molecule has 0 amide bonds. The molecule has 1 heteroatoms. The molecule has 0 radical (unpaired) electrons. The normalized spacial score (nSPS) is 12.6. The Morgan fingerprint density at radius 3 is 1.81 bits per heavy atom. The zero-order valence-electron chi connectivity index (χ0n) is 8.73. The van der Waals surface area contributed by atoms with Crippen LogP contribution >= 0.6 is 11.8 Å². The Kier molecular flexibility index (Phi) is 2.21. The highest BCUT2D eigenvalue weighted by atomic mass is 32.2. The molecule has 0 atom stereocenters. The van der Waals surface area contributed by atoms with Crippen molar-refractivity contribution in [3.05, 3.63) is 72.0 Å². The van der Waals surface area contributed by atoms with E-state index >= 15 is 0 Å². The van der Waals surface area contributed by atoms with Crippen LogP contribution in [0.15, 0.2) is 70.6 Å². The topological polar surface area (TPSA) is 0 Å². The molecule has 0 saturated carbocycles. The fourth-order valence-electron chi connectivity index (χ4n) is 1.98. The van der Waals surface area contributed by atoms with Crippen molar-refractivity contribution in [2.45, 2.75) is 9.79 Å². The Morgan fingerprint density at radius 2 is 1.31 bits per heavy atom. The average molecular weight is 222 g/mol. The highest BCUT2D eigenvalue weighted by Gasteiger charge is 2.19. The lowest BCUT2D eigenvalue weighted by Crippen LogP contribution is -1.97. The Morgan fingerprint density at radius 1 is 0.812 bits per heavy atom. The Balaban J connectivity index is 2.32. The Bertz CT molecular complexity index is 557. The van der Waals surface area contributed by atoms with Gasteiger partial charge < -0.3 is 0 Å². The Labute approximate surface area is 99.3 Å². The van der Waals surface area contributed by atoms with E-state index in [1.165, 1.54) is 20.9 Å². The highest BCUT2D eigenvalue weighted by Crippen LogP contribution is 2.44. The zero-order chi connectivity index (χ0) is 11.0. The number of benzene rings is 2. The summed E-state index contributed by atoms with van der Waals surface area (Å²) in [6.45, 7) is 3.81. The second-order valence-corrected chi connectivity index (χ2v) is 4.73. The third kappa shape index (κ3) is 1.34. The van der Waals surface area contributed by atoms with Gasteiger partial charge in [0.2, 0.25) is 0 Å². The first-order valence-corrected chi connectivity index (χ1v) is 5.98. The lowest BCUT2D eigenvalue weighted by molar-refractivity contribution is 1.29. The molecule has 0 aliphatic carbocycles. The van der Waals surface area contributed by atoms with Gasteiger partial charge in [0.25, 0.3) is 0 Å². The van der Waals surface area contributed by atoms with Crippen LogP contribution in [0.4, 0.5) is 0 Å². The minimum absolute atomic E-state index is 1.12. The van der Waals surface area contributed by atoms with Crippen LogP contribution in [0.5, 0.6) is 0 Å². The molecule has 1 aliphatic rings. The molecule has 0 N–H and O–H groups in total. The van der Waals surface area contributed by atoms with Crippen LogP contribution in [0.25, 0.3) is 5.57 Å². The summed E-state index contributed by atoms with van der Waals surface area (Å²) in [6, 6.07) is 16.8. The summed E-state index contributed by atoms with van der Waals surface area (Å²) in [4.78, 5) is 2.57. The molecule has 0 spiro atoms. The molecule has 0 unspecified atom stereocenters. The van der Waals surface area contributed by atoms with Gasteiger partial charge in [-0.2, -0.15) is 0 Å². The van der Waals surface area contributed by atoms with Gasteiger partial charge in [0, 0.05) is 26.5 Å². The minimum atomic E-state index is 1.12. The number of rotatable bonds is 0. The zero-order valence-corrected chi connectivity index (χ0v) is 9.55. The summed E-state index contributed by atoms with van der Waals surface area (Å²) < 4.78 is 0. The summed E-state index contributed by atoms with van der Waals surface area (Å²) in [5, 5.41) is 0. The SMILES string of the molecule is C=C=C1c2ccccc2Sc2ccccc21. The van der Waals surface area contributed by atoms with Crippen molar-refractivity contribution in [1.82, 2.24) is 0 Å². The summed E-state index contributed by atoms with van der Waals surface area (Å²) in [5.74, 6) is 0. The lowest BCUT2D eigenvalue weighted by Gasteiger charge is -2.20. The van der Waals surface area contributed by atoms with Gasteiger partial charge in [0.1, 0.15) is 0 Å². The predicted octanol–water partition coefficient (Wildman–Crippen LogP) is 4.37. The molecular weight excluding hydrogens is 212 g/mol. The van der Waals surface area contributed by atoms with Gasteiger partial charge >= 0.3 is 0 Å². The molecular formula is C15H10S. The molecule has 0 bridgehead atoms. The first kappa shape index (κ1) is 9.53. The first-order valence-electron chi connectivity index (χ1n) is 5.17. The molecule has 76 valence electrons. The minimum Gasteiger partial charge on any atom is -0.119 e. The van der Waals surface area contributed by atoms with Crippen LogP contribution in [0.2, 0.25) is 0 Å². The van der Waals surface area contributed by atoms with Gasteiger partial charge in [0.05, 0.1) is 0 Å². The molecule has 0 aromatic heterocycles. The van der Waals surface area contributed by atoms with E-state index in [1.54, 1.807) is 0 Å². The molecule has 0 fully saturated rings. The van der Waals surface area contributed by atoms with Crippen LogP contribution in [0.1, 0.15) is 11.1 Å². The van der Waals surface area contributed by atoms with Gasteiger partial charge in [-0.05, 0) is 12.1 Å². The van der Waals surface area contributed by atoms with Crippen LogP contribution in [0.3, 0.4) is 0 Å². The van der Waals surface area contributed by atoms with E-state index in [4.69, 9.17) is 0 Å². The second kappa shape index (κ2) is 3.71. The molecule has 2 aromatic rings. The number of hydrogen-bond donors (Lipinski definition) is 0. The lowest BCUT2D eigenvalue weighted by atomic mass is 9.98. The van der Waals surface area contributed by atoms with Crippen molar-refractivity contribution in [3.63, 3.8) is 0 Å². The van der Waals surface area contributed by atoms with Crippen LogP contribution in [-0.4, -0.2) is 0 Å². The van der Waals surface area contributed by atoms with Crippen LogP contribution < -0.4 is 0 Å². The van der Waals surface area contributed by atoms with Gasteiger partial charge in [-0.1, -0.05) is 54.7 Å². The van der Waals surface area contributed by atoms with E-state index in [9.17, 15) is 0 Å². The molecule has 0 nitrogen and oxygen atoms in total. The van der Waals surface area contributed by atoms with Crippen LogP contribution in [-0.2, 0) is 0 Å². The first-order chi connectivity index (χ1) is 7.90. The third-order valence-corrected chi connectivity index (χ3v) is 3.86. The van der Waals surface area contributed by atoms with E-state index in [-0.39, 0.29) is 0 Å². The van der Waals surface area contributed by atoms with Crippen molar-refractivity contribution >= 4 is 17.3 Å². The van der Waals surface area contributed by atoms with Crippen molar-refractivity contribution in [3.8, 4) is 0 Å². The van der Waals surface area contributed by atoms with E-state index in [1.807, 2.05) is 11.8 Å². The average Bonchev–Trinajstić information content (AvgIpc) is 2.36. The van der Waals surface area contributed by atoms with E-state index in [2.05, 4.69) is 60.8 Å². The fraction of sp³-hybridized carbons (Fsp3) is 0. The summed E-state index contributed by atoms with van der Waals surface area (Å²) >= 11 is 1.81. The smallest absolute Gasteiger partial charge is 0.0326 e. The third-order valence-electron chi connectivity index (χ3n) is 2.71. The quantitative estimate of drug-likeness (QED) is 0.509. The van der Waals surface area contributed by atoms with Gasteiger partial charge in [-0.3, -0.25) is 0 Å². The molecule has 1 aliphatic heterocycles. The number of hydrogen-bond acceptors (Lipinski definition) is 1. The van der Waals surface area contributed by atoms with Gasteiger partial charge in [-0.25, -0.2) is 0 Å². The van der Waals surface area contributed by atoms with Crippen molar-refractivity contribution in [2.75, 3.05) is 0 Å². The molecule has 16 heavy (non-hydrogen) atoms. The Hall–Kier alpha value is -1.69. The van der Waals surface area contributed by atoms with E-state index < -0.39 is 0 Å². The maximum Gasteiger partial charge on any atom is 0.0326 e. The van der Waals surface area contributed by atoms with Crippen molar-refractivity contribution in [1.29, 1.82) is 0 Å². The maximum atomic E-state index is 3.81. The monoisotopic (exact) mass is 222 g/mol.